The second kappa shape index (κ2) is 5.96. The number of hydrogen-bond acceptors (Lipinski definition) is 5. The van der Waals surface area contributed by atoms with E-state index in [2.05, 4.69) is 41.3 Å². The number of carbonyl (C=O) groups is 1. The zero-order valence-corrected chi connectivity index (χ0v) is 14.9. The van der Waals surface area contributed by atoms with Crippen LogP contribution in [0, 0.1) is 0 Å². The molecule has 0 radical (unpaired) electrons. The van der Waals surface area contributed by atoms with E-state index in [0.717, 1.165) is 20.4 Å². The summed E-state index contributed by atoms with van der Waals surface area (Å²) >= 11 is 3.03. The summed E-state index contributed by atoms with van der Waals surface area (Å²) in [7, 11) is 0. The minimum atomic E-state index is -0.145. The van der Waals surface area contributed by atoms with Crippen molar-refractivity contribution < 1.29 is 4.79 Å². The van der Waals surface area contributed by atoms with Gasteiger partial charge in [0.05, 0.1) is 25.9 Å². The van der Waals surface area contributed by atoms with Crippen molar-refractivity contribution in [2.45, 2.75) is 19.8 Å². The molecule has 0 saturated heterocycles. The van der Waals surface area contributed by atoms with Crippen LogP contribution in [-0.4, -0.2) is 15.9 Å². The van der Waals surface area contributed by atoms with Crippen LogP contribution in [0.3, 0.4) is 0 Å². The van der Waals surface area contributed by atoms with Gasteiger partial charge in [0.25, 0.3) is 5.91 Å². The van der Waals surface area contributed by atoms with E-state index in [-0.39, 0.29) is 5.91 Å². The Morgan fingerprint density at radius 2 is 1.92 bits per heavy atom. The Morgan fingerprint density at radius 3 is 2.75 bits per heavy atom. The monoisotopic (exact) mass is 353 g/mol. The highest BCUT2D eigenvalue weighted by atomic mass is 32.1. The third-order valence-corrected chi connectivity index (χ3v) is 5.62. The molecule has 6 heteroatoms. The fourth-order valence-corrected chi connectivity index (χ4v) is 4.15. The molecule has 0 aliphatic heterocycles. The zero-order valence-electron chi connectivity index (χ0n) is 13.2. The summed E-state index contributed by atoms with van der Waals surface area (Å²) in [5.41, 5.74) is 5.51. The quantitative estimate of drug-likeness (QED) is 0.545. The maximum atomic E-state index is 12.5. The van der Waals surface area contributed by atoms with E-state index >= 15 is 0 Å². The Balaban J connectivity index is 1.61. The summed E-state index contributed by atoms with van der Waals surface area (Å²) in [6, 6.07) is 11.8. The molecule has 0 atom stereocenters. The van der Waals surface area contributed by atoms with Gasteiger partial charge in [-0.15, -0.1) is 11.3 Å². The SMILES string of the molecule is CC(C)c1ccc2nc(NC(=O)c3ccc4ncsc4c3)sc2c1. The molecule has 4 aromatic rings. The molecule has 0 saturated carbocycles. The number of thiazole rings is 2. The second-order valence-corrected chi connectivity index (χ2v) is 7.81. The number of anilines is 1. The van der Waals surface area contributed by atoms with Crippen molar-refractivity contribution in [2.75, 3.05) is 5.32 Å². The molecule has 0 aliphatic carbocycles. The molecule has 1 N–H and O–H groups in total. The predicted octanol–water partition coefficient (Wildman–Crippen LogP) is 5.28. The van der Waals surface area contributed by atoms with E-state index < -0.39 is 0 Å². The molecule has 120 valence electrons. The van der Waals surface area contributed by atoms with Crippen molar-refractivity contribution in [3.63, 3.8) is 0 Å². The Bertz CT molecular complexity index is 1050. The molecule has 0 fully saturated rings. The Labute approximate surface area is 147 Å². The first kappa shape index (κ1) is 15.2. The molecule has 24 heavy (non-hydrogen) atoms. The number of hydrogen-bond donors (Lipinski definition) is 1. The number of amides is 1. The van der Waals surface area contributed by atoms with Gasteiger partial charge >= 0.3 is 0 Å². The molecule has 0 spiro atoms. The van der Waals surface area contributed by atoms with Crippen LogP contribution in [0.4, 0.5) is 5.13 Å². The van der Waals surface area contributed by atoms with Gasteiger partial charge in [-0.25, -0.2) is 9.97 Å². The fraction of sp³-hybridized carbons (Fsp3) is 0.167. The van der Waals surface area contributed by atoms with Gasteiger partial charge in [-0.3, -0.25) is 10.1 Å². The lowest BCUT2D eigenvalue weighted by molar-refractivity contribution is 0.102. The Kier molecular flexibility index (Phi) is 3.78. The maximum absolute atomic E-state index is 12.5. The summed E-state index contributed by atoms with van der Waals surface area (Å²) in [4.78, 5) is 21.2. The van der Waals surface area contributed by atoms with Gasteiger partial charge in [0.1, 0.15) is 0 Å². The third-order valence-electron chi connectivity index (χ3n) is 3.89. The average molecular weight is 353 g/mol. The molecule has 0 bridgehead atoms. The number of nitrogens with one attached hydrogen (secondary N) is 1. The maximum Gasteiger partial charge on any atom is 0.257 e. The van der Waals surface area contributed by atoms with E-state index in [1.807, 2.05) is 18.2 Å². The Hall–Kier alpha value is -2.31. The van der Waals surface area contributed by atoms with Crippen LogP contribution < -0.4 is 5.32 Å². The van der Waals surface area contributed by atoms with Gasteiger partial charge in [-0.1, -0.05) is 31.3 Å². The first-order chi connectivity index (χ1) is 11.6. The highest BCUT2D eigenvalue weighted by Crippen LogP contribution is 2.29. The van der Waals surface area contributed by atoms with E-state index in [4.69, 9.17) is 0 Å². The fourth-order valence-electron chi connectivity index (χ4n) is 2.52. The van der Waals surface area contributed by atoms with Crippen molar-refractivity contribution in [1.82, 2.24) is 9.97 Å². The van der Waals surface area contributed by atoms with Crippen LogP contribution in [0.25, 0.3) is 20.4 Å². The van der Waals surface area contributed by atoms with Gasteiger partial charge in [0.15, 0.2) is 5.13 Å². The first-order valence-corrected chi connectivity index (χ1v) is 9.35. The smallest absolute Gasteiger partial charge is 0.257 e. The van der Waals surface area contributed by atoms with Crippen molar-refractivity contribution in [1.29, 1.82) is 0 Å². The molecule has 4 rings (SSSR count). The number of carbonyl (C=O) groups excluding carboxylic acids is 1. The number of rotatable bonds is 3. The zero-order chi connectivity index (χ0) is 16.7. The van der Waals surface area contributed by atoms with E-state index in [9.17, 15) is 4.79 Å². The molecule has 4 nitrogen and oxygen atoms in total. The number of fused-ring (bicyclic) bond motifs is 2. The number of aromatic nitrogens is 2. The van der Waals surface area contributed by atoms with Crippen LogP contribution in [0.1, 0.15) is 35.7 Å². The van der Waals surface area contributed by atoms with Crippen LogP contribution >= 0.6 is 22.7 Å². The average Bonchev–Trinajstić information content (AvgIpc) is 3.18. The number of nitrogens with zero attached hydrogens (tertiary/aromatic N) is 2. The summed E-state index contributed by atoms with van der Waals surface area (Å²) in [5, 5.41) is 3.53. The van der Waals surface area contributed by atoms with E-state index in [1.165, 1.54) is 28.2 Å². The van der Waals surface area contributed by atoms with Gasteiger partial charge in [-0.05, 0) is 41.8 Å². The lowest BCUT2D eigenvalue weighted by atomic mass is 10.0. The predicted molar refractivity (Wildman–Crippen MR) is 101 cm³/mol. The van der Waals surface area contributed by atoms with Crippen molar-refractivity contribution in [3.8, 4) is 0 Å². The van der Waals surface area contributed by atoms with Crippen molar-refractivity contribution in [2.24, 2.45) is 0 Å². The van der Waals surface area contributed by atoms with Crippen LogP contribution in [0.15, 0.2) is 41.9 Å². The molecule has 1 amide bonds. The topological polar surface area (TPSA) is 54.9 Å². The summed E-state index contributed by atoms with van der Waals surface area (Å²) < 4.78 is 2.10. The minimum absolute atomic E-state index is 0.145. The highest BCUT2D eigenvalue weighted by molar-refractivity contribution is 7.22. The summed E-state index contributed by atoms with van der Waals surface area (Å²) in [6.45, 7) is 4.33. The van der Waals surface area contributed by atoms with E-state index in [1.54, 1.807) is 11.6 Å². The van der Waals surface area contributed by atoms with Crippen LogP contribution in [0.5, 0.6) is 0 Å². The molecule has 2 aromatic heterocycles. The highest BCUT2D eigenvalue weighted by Gasteiger charge is 2.12. The van der Waals surface area contributed by atoms with E-state index in [0.29, 0.717) is 16.6 Å². The summed E-state index contributed by atoms with van der Waals surface area (Å²) in [6.07, 6.45) is 0. The van der Waals surface area contributed by atoms with Crippen molar-refractivity contribution in [3.05, 3.63) is 53.0 Å². The minimum Gasteiger partial charge on any atom is -0.298 e. The van der Waals surface area contributed by atoms with Gasteiger partial charge in [0, 0.05) is 5.56 Å². The lowest BCUT2D eigenvalue weighted by Gasteiger charge is -2.03. The van der Waals surface area contributed by atoms with Crippen molar-refractivity contribution >= 4 is 54.1 Å². The lowest BCUT2D eigenvalue weighted by Crippen LogP contribution is -2.11. The molecule has 2 heterocycles. The normalized spacial score (nSPS) is 11.5. The largest absolute Gasteiger partial charge is 0.298 e. The second-order valence-electron chi connectivity index (χ2n) is 5.89. The van der Waals surface area contributed by atoms with Gasteiger partial charge in [-0.2, -0.15) is 0 Å². The third kappa shape index (κ3) is 2.79. The van der Waals surface area contributed by atoms with Crippen LogP contribution in [-0.2, 0) is 0 Å². The van der Waals surface area contributed by atoms with Crippen LogP contribution in [0.2, 0.25) is 0 Å². The molecular formula is C18H15N3OS2. The molecular weight excluding hydrogens is 338 g/mol. The molecule has 0 aliphatic rings. The summed E-state index contributed by atoms with van der Waals surface area (Å²) in [5.74, 6) is 0.328. The Morgan fingerprint density at radius 1 is 1.08 bits per heavy atom. The van der Waals surface area contributed by atoms with Gasteiger partial charge in [0.2, 0.25) is 0 Å². The first-order valence-electron chi connectivity index (χ1n) is 7.65. The molecule has 0 unspecified atom stereocenters. The van der Waals surface area contributed by atoms with Gasteiger partial charge < -0.3 is 0 Å². The molecule has 2 aromatic carbocycles. The standard InChI is InChI=1S/C18H15N3OS2/c1-10(2)11-3-6-14-16(7-11)24-18(20-14)21-17(22)12-4-5-13-15(8-12)23-9-19-13/h3-10H,1-2H3,(H,20,21,22). The number of benzene rings is 2.